The van der Waals surface area contributed by atoms with E-state index in [1.807, 2.05) is 0 Å². The Bertz CT molecular complexity index is 255. The molecule has 0 saturated heterocycles. The Hall–Kier alpha value is -0.760. The Balaban J connectivity index is 4.90. The molecule has 0 bridgehead atoms. The van der Waals surface area contributed by atoms with Crippen LogP contribution in [0.5, 0.6) is 0 Å². The van der Waals surface area contributed by atoms with Crippen LogP contribution in [0.15, 0.2) is 0 Å². The number of hydrogen-bond donors (Lipinski definition) is 1. The van der Waals surface area contributed by atoms with E-state index in [9.17, 15) is 22.0 Å². The summed E-state index contributed by atoms with van der Waals surface area (Å²) in [4.78, 5) is 9.97. The second-order valence-corrected chi connectivity index (χ2v) is 2.95. The van der Waals surface area contributed by atoms with Crippen LogP contribution in [-0.4, -0.2) is 31.3 Å². The predicted octanol–water partition coefficient (Wildman–Crippen LogP) is -0.360. The number of esters is 1. The minimum absolute atomic E-state index is 0.571. The number of hydrogen-bond acceptors (Lipinski definition) is 4. The van der Waals surface area contributed by atoms with Crippen molar-refractivity contribution in [3.63, 3.8) is 0 Å². The van der Waals surface area contributed by atoms with Gasteiger partial charge in [0.1, 0.15) is 0 Å². The Kier molecular flexibility index (Phi) is 2.51. The monoisotopic (exact) mass is 190 g/mol. The normalized spacial score (nSPS) is 12.7. The number of methoxy groups -OCH3 is 1. The van der Waals surface area contributed by atoms with Crippen molar-refractivity contribution in [1.82, 2.24) is 0 Å². The van der Waals surface area contributed by atoms with E-state index >= 15 is 0 Å². The predicted molar refractivity (Wildman–Crippen MR) is 28.5 cm³/mol. The standard InChI is InChI=1S/C3H4F2O5S/c1-10-2(6)3(4,5)11(7,8)9/h1H3,(H,7,8,9). The highest BCUT2D eigenvalue weighted by atomic mass is 32.2. The van der Waals surface area contributed by atoms with Gasteiger partial charge in [0.05, 0.1) is 7.11 Å². The molecular weight excluding hydrogens is 186 g/mol. The fourth-order valence-corrected chi connectivity index (χ4v) is 0.518. The van der Waals surface area contributed by atoms with Gasteiger partial charge < -0.3 is 4.74 Å². The molecule has 0 rings (SSSR count). The molecule has 0 radical (unpaired) electrons. The van der Waals surface area contributed by atoms with E-state index in [4.69, 9.17) is 4.55 Å². The Morgan fingerprint density at radius 3 is 2.00 bits per heavy atom. The minimum Gasteiger partial charge on any atom is -0.464 e. The third-order valence-electron chi connectivity index (χ3n) is 0.747. The van der Waals surface area contributed by atoms with E-state index < -0.39 is 21.3 Å². The number of rotatable bonds is 2. The van der Waals surface area contributed by atoms with Crippen molar-refractivity contribution >= 4 is 16.1 Å². The van der Waals surface area contributed by atoms with Gasteiger partial charge in [-0.1, -0.05) is 0 Å². The number of halogens is 2. The average Bonchev–Trinajstić information content (AvgIpc) is 1.83. The lowest BCUT2D eigenvalue weighted by molar-refractivity contribution is -0.158. The lowest BCUT2D eigenvalue weighted by Gasteiger charge is -2.08. The smallest absolute Gasteiger partial charge is 0.464 e. The molecule has 0 aliphatic rings. The zero-order valence-corrected chi connectivity index (χ0v) is 6.06. The van der Waals surface area contributed by atoms with E-state index in [1.165, 1.54) is 0 Å². The maximum Gasteiger partial charge on any atom is 0.465 e. The van der Waals surface area contributed by atoms with Gasteiger partial charge in [-0.3, -0.25) is 4.55 Å². The SMILES string of the molecule is COC(=O)C(F)(F)S(=O)(=O)O. The van der Waals surface area contributed by atoms with Crippen LogP contribution in [0, 0.1) is 0 Å². The maximum atomic E-state index is 12.0. The van der Waals surface area contributed by atoms with Crippen molar-refractivity contribution in [2.75, 3.05) is 7.11 Å². The van der Waals surface area contributed by atoms with Crippen molar-refractivity contribution in [2.24, 2.45) is 0 Å². The van der Waals surface area contributed by atoms with Crippen LogP contribution in [0.25, 0.3) is 0 Å². The summed E-state index contributed by atoms with van der Waals surface area (Å²) >= 11 is 0. The molecular formula is C3H4F2O5S. The molecule has 11 heavy (non-hydrogen) atoms. The first-order chi connectivity index (χ1) is 4.73. The van der Waals surface area contributed by atoms with Gasteiger partial charge in [0, 0.05) is 0 Å². The fraction of sp³-hybridized carbons (Fsp3) is 0.667. The lowest BCUT2D eigenvalue weighted by atomic mass is 10.7. The number of ether oxygens (including phenoxy) is 1. The van der Waals surface area contributed by atoms with Crippen LogP contribution < -0.4 is 0 Å². The van der Waals surface area contributed by atoms with Crippen LogP contribution in [0.3, 0.4) is 0 Å². The molecule has 0 aromatic rings. The summed E-state index contributed by atoms with van der Waals surface area (Å²) in [6.45, 7) is 0. The van der Waals surface area contributed by atoms with Crippen molar-refractivity contribution < 1.29 is 31.3 Å². The minimum atomic E-state index is -5.72. The molecule has 0 unspecified atom stereocenters. The zero-order chi connectivity index (χ0) is 9.28. The highest BCUT2D eigenvalue weighted by Crippen LogP contribution is 2.21. The molecule has 66 valence electrons. The van der Waals surface area contributed by atoms with Gasteiger partial charge in [0.2, 0.25) is 0 Å². The van der Waals surface area contributed by atoms with Gasteiger partial charge in [0.25, 0.3) is 0 Å². The van der Waals surface area contributed by atoms with E-state index in [-0.39, 0.29) is 0 Å². The Morgan fingerprint density at radius 2 is 1.91 bits per heavy atom. The topological polar surface area (TPSA) is 80.7 Å². The molecule has 0 spiro atoms. The number of carbonyl (C=O) groups excluding carboxylic acids is 1. The third-order valence-corrected chi connectivity index (χ3v) is 1.56. The average molecular weight is 190 g/mol. The highest BCUT2D eigenvalue weighted by molar-refractivity contribution is 7.87. The van der Waals surface area contributed by atoms with Crippen molar-refractivity contribution in [2.45, 2.75) is 5.25 Å². The van der Waals surface area contributed by atoms with Gasteiger partial charge in [-0.05, 0) is 0 Å². The summed E-state index contributed by atoms with van der Waals surface area (Å²) in [6, 6.07) is 0. The molecule has 0 heterocycles. The molecule has 0 atom stereocenters. The highest BCUT2D eigenvalue weighted by Gasteiger charge is 2.53. The van der Waals surface area contributed by atoms with Crippen molar-refractivity contribution in [3.8, 4) is 0 Å². The molecule has 0 aliphatic heterocycles. The molecule has 1 N–H and O–H groups in total. The van der Waals surface area contributed by atoms with E-state index in [0.717, 1.165) is 0 Å². The third kappa shape index (κ3) is 1.84. The van der Waals surface area contributed by atoms with Crippen molar-refractivity contribution in [3.05, 3.63) is 0 Å². The molecule has 0 amide bonds. The summed E-state index contributed by atoms with van der Waals surface area (Å²) in [5, 5.41) is -4.89. The van der Waals surface area contributed by atoms with Crippen LogP contribution in [-0.2, 0) is 19.6 Å². The van der Waals surface area contributed by atoms with Gasteiger partial charge in [-0.2, -0.15) is 17.2 Å². The quantitative estimate of drug-likeness (QED) is 0.475. The molecule has 8 heteroatoms. The second-order valence-electron chi connectivity index (χ2n) is 1.48. The molecule has 0 fully saturated rings. The van der Waals surface area contributed by atoms with Crippen molar-refractivity contribution in [1.29, 1.82) is 0 Å². The molecule has 0 aromatic carbocycles. The van der Waals surface area contributed by atoms with Gasteiger partial charge >= 0.3 is 21.3 Å². The van der Waals surface area contributed by atoms with Gasteiger partial charge in [0.15, 0.2) is 0 Å². The maximum absolute atomic E-state index is 12.0. The van der Waals surface area contributed by atoms with Gasteiger partial charge in [-0.15, -0.1) is 0 Å². The summed E-state index contributed by atoms with van der Waals surface area (Å²) in [5.74, 6) is -2.32. The Morgan fingerprint density at radius 1 is 1.55 bits per heavy atom. The van der Waals surface area contributed by atoms with E-state index in [1.54, 1.807) is 0 Å². The van der Waals surface area contributed by atoms with E-state index in [0.29, 0.717) is 7.11 Å². The fourth-order valence-electron chi connectivity index (χ4n) is 0.224. The molecule has 0 saturated carbocycles. The lowest BCUT2D eigenvalue weighted by Crippen LogP contribution is -2.38. The van der Waals surface area contributed by atoms with Crippen LogP contribution >= 0.6 is 0 Å². The van der Waals surface area contributed by atoms with Crippen LogP contribution in [0.1, 0.15) is 0 Å². The second kappa shape index (κ2) is 2.70. The van der Waals surface area contributed by atoms with E-state index in [2.05, 4.69) is 4.74 Å². The zero-order valence-electron chi connectivity index (χ0n) is 5.24. The first-order valence-corrected chi connectivity index (χ1v) is 3.60. The molecule has 0 aliphatic carbocycles. The number of carbonyl (C=O) groups is 1. The first kappa shape index (κ1) is 10.2. The summed E-state index contributed by atoms with van der Waals surface area (Å²) in [7, 11) is -5.15. The Labute approximate surface area is 60.7 Å². The largest absolute Gasteiger partial charge is 0.465 e. The summed E-state index contributed by atoms with van der Waals surface area (Å²) in [5.41, 5.74) is 0. The summed E-state index contributed by atoms with van der Waals surface area (Å²) < 4.78 is 54.7. The number of alkyl halides is 2. The molecule has 5 nitrogen and oxygen atoms in total. The molecule has 0 aromatic heterocycles. The summed E-state index contributed by atoms with van der Waals surface area (Å²) in [6.07, 6.45) is 0. The van der Waals surface area contributed by atoms with Crippen LogP contribution in [0.4, 0.5) is 8.78 Å². The first-order valence-electron chi connectivity index (χ1n) is 2.16. The van der Waals surface area contributed by atoms with Gasteiger partial charge in [-0.25, -0.2) is 4.79 Å². The van der Waals surface area contributed by atoms with Crippen LogP contribution in [0.2, 0.25) is 0 Å².